The van der Waals surface area contributed by atoms with Crippen LogP contribution in [0.15, 0.2) is 53.9 Å². The van der Waals surface area contributed by atoms with E-state index in [9.17, 15) is 4.79 Å². The molecule has 0 spiro atoms. The smallest absolute Gasteiger partial charge is 0.273 e. The number of hydrogen-bond acceptors (Lipinski definition) is 5. The van der Waals surface area contributed by atoms with E-state index in [4.69, 9.17) is 4.74 Å². The Morgan fingerprint density at radius 1 is 1.04 bits per heavy atom. The highest BCUT2D eigenvalue weighted by Crippen LogP contribution is 2.26. The normalized spacial score (nSPS) is 10.5. The van der Waals surface area contributed by atoms with Crippen LogP contribution in [0.25, 0.3) is 10.6 Å². The second-order valence-electron chi connectivity index (χ2n) is 6.49. The largest absolute Gasteiger partial charge is 0.497 e. The van der Waals surface area contributed by atoms with Crippen molar-refractivity contribution in [3.63, 3.8) is 0 Å². The fourth-order valence-corrected chi connectivity index (χ4v) is 3.48. The number of thiazole rings is 1. The van der Waals surface area contributed by atoms with Crippen LogP contribution in [0.1, 0.15) is 16.1 Å². The van der Waals surface area contributed by atoms with Gasteiger partial charge < -0.3 is 14.5 Å². The SMILES string of the molecule is COc1ccc(-c2nc(C(=O)N(C)Cc3ccc(N(C)C)cc3)cs2)cc1. The average Bonchev–Trinajstić information content (AvgIpc) is 3.18. The number of anilines is 1. The fraction of sp³-hybridized carbons (Fsp3) is 0.238. The quantitative estimate of drug-likeness (QED) is 0.643. The lowest BCUT2D eigenvalue weighted by atomic mass is 10.2. The fourth-order valence-electron chi connectivity index (χ4n) is 2.68. The van der Waals surface area contributed by atoms with Crippen LogP contribution in [0, 0.1) is 0 Å². The molecule has 140 valence electrons. The average molecular weight is 382 g/mol. The highest BCUT2D eigenvalue weighted by molar-refractivity contribution is 7.13. The zero-order chi connectivity index (χ0) is 19.4. The van der Waals surface area contributed by atoms with Crippen LogP contribution in [-0.4, -0.2) is 44.0 Å². The van der Waals surface area contributed by atoms with Gasteiger partial charge in [-0.05, 0) is 42.0 Å². The summed E-state index contributed by atoms with van der Waals surface area (Å²) in [5, 5.41) is 2.64. The molecule has 0 fully saturated rings. The lowest BCUT2D eigenvalue weighted by Crippen LogP contribution is -2.26. The molecule has 0 bridgehead atoms. The van der Waals surface area contributed by atoms with Gasteiger partial charge in [-0.25, -0.2) is 4.98 Å². The Hall–Kier alpha value is -2.86. The van der Waals surface area contributed by atoms with Crippen LogP contribution in [0.2, 0.25) is 0 Å². The minimum atomic E-state index is -0.0808. The maximum absolute atomic E-state index is 12.7. The Labute approximate surface area is 163 Å². The van der Waals surface area contributed by atoms with Gasteiger partial charge in [-0.1, -0.05) is 12.1 Å². The minimum Gasteiger partial charge on any atom is -0.497 e. The van der Waals surface area contributed by atoms with Gasteiger partial charge in [-0.2, -0.15) is 0 Å². The molecule has 0 saturated carbocycles. The van der Waals surface area contributed by atoms with Crippen molar-refractivity contribution in [2.24, 2.45) is 0 Å². The molecule has 0 unspecified atom stereocenters. The van der Waals surface area contributed by atoms with E-state index < -0.39 is 0 Å². The van der Waals surface area contributed by atoms with Crippen molar-refractivity contribution in [3.05, 3.63) is 65.2 Å². The standard InChI is InChI=1S/C21H23N3O2S/c1-23(2)17-9-5-15(6-10-17)13-24(3)21(25)19-14-27-20(22-19)16-7-11-18(26-4)12-8-16/h5-12,14H,13H2,1-4H3. The molecular weight excluding hydrogens is 358 g/mol. The number of rotatable bonds is 6. The predicted octanol–water partition coefficient (Wildman–Crippen LogP) is 4.16. The molecule has 0 saturated heterocycles. The maximum atomic E-state index is 12.7. The third-order valence-electron chi connectivity index (χ3n) is 4.28. The molecular formula is C21H23N3O2S. The molecule has 27 heavy (non-hydrogen) atoms. The lowest BCUT2D eigenvalue weighted by molar-refractivity contribution is 0.0780. The highest BCUT2D eigenvalue weighted by atomic mass is 32.1. The molecule has 5 nitrogen and oxygen atoms in total. The van der Waals surface area contributed by atoms with Crippen molar-refractivity contribution >= 4 is 22.9 Å². The van der Waals surface area contributed by atoms with Crippen molar-refractivity contribution in [3.8, 4) is 16.3 Å². The Kier molecular flexibility index (Phi) is 5.76. The van der Waals surface area contributed by atoms with Gasteiger partial charge >= 0.3 is 0 Å². The van der Waals surface area contributed by atoms with Crippen LogP contribution < -0.4 is 9.64 Å². The number of amides is 1. The van der Waals surface area contributed by atoms with E-state index in [1.54, 1.807) is 19.1 Å². The Morgan fingerprint density at radius 3 is 2.30 bits per heavy atom. The van der Waals surface area contributed by atoms with Crippen molar-refractivity contribution in [1.29, 1.82) is 0 Å². The molecule has 1 heterocycles. The van der Waals surface area contributed by atoms with E-state index in [0.29, 0.717) is 12.2 Å². The molecule has 3 aromatic rings. The minimum absolute atomic E-state index is 0.0808. The van der Waals surface area contributed by atoms with Crippen LogP contribution in [-0.2, 0) is 6.54 Å². The van der Waals surface area contributed by atoms with E-state index >= 15 is 0 Å². The van der Waals surface area contributed by atoms with Crippen LogP contribution >= 0.6 is 11.3 Å². The predicted molar refractivity (Wildman–Crippen MR) is 111 cm³/mol. The Bertz CT molecular complexity index is 902. The number of methoxy groups -OCH3 is 1. The van der Waals surface area contributed by atoms with E-state index in [1.807, 2.05) is 55.9 Å². The van der Waals surface area contributed by atoms with Gasteiger partial charge in [0.1, 0.15) is 16.5 Å². The summed E-state index contributed by atoms with van der Waals surface area (Å²) < 4.78 is 5.18. The van der Waals surface area contributed by atoms with Crippen molar-refractivity contribution in [2.45, 2.75) is 6.54 Å². The van der Waals surface area contributed by atoms with Gasteiger partial charge in [-0.3, -0.25) is 4.79 Å². The Morgan fingerprint density at radius 2 is 1.70 bits per heavy atom. The number of nitrogens with zero attached hydrogens (tertiary/aromatic N) is 3. The summed E-state index contributed by atoms with van der Waals surface area (Å²) in [4.78, 5) is 21.0. The number of carbonyl (C=O) groups excluding carboxylic acids is 1. The van der Waals surface area contributed by atoms with E-state index in [0.717, 1.165) is 27.6 Å². The number of benzene rings is 2. The van der Waals surface area contributed by atoms with Crippen LogP contribution in [0.5, 0.6) is 5.75 Å². The van der Waals surface area contributed by atoms with Gasteiger partial charge in [0.05, 0.1) is 7.11 Å². The summed E-state index contributed by atoms with van der Waals surface area (Å²) in [5.74, 6) is 0.717. The molecule has 0 aliphatic heterocycles. The van der Waals surface area contributed by atoms with Crippen molar-refractivity contribution in [2.75, 3.05) is 33.2 Å². The van der Waals surface area contributed by atoms with E-state index in [-0.39, 0.29) is 5.91 Å². The molecule has 6 heteroatoms. The molecule has 0 aliphatic rings. The first-order chi connectivity index (χ1) is 13.0. The van der Waals surface area contributed by atoms with Gasteiger partial charge in [0, 0.05) is 44.3 Å². The lowest BCUT2D eigenvalue weighted by Gasteiger charge is -2.17. The van der Waals surface area contributed by atoms with Crippen molar-refractivity contribution < 1.29 is 9.53 Å². The van der Waals surface area contributed by atoms with Crippen LogP contribution in [0.3, 0.4) is 0 Å². The topological polar surface area (TPSA) is 45.7 Å². The van der Waals surface area contributed by atoms with Gasteiger partial charge in [0.25, 0.3) is 5.91 Å². The number of carbonyl (C=O) groups is 1. The second kappa shape index (κ2) is 8.22. The molecule has 0 N–H and O–H groups in total. The molecule has 0 aliphatic carbocycles. The van der Waals surface area contributed by atoms with E-state index in [1.165, 1.54) is 11.3 Å². The molecule has 3 rings (SSSR count). The van der Waals surface area contributed by atoms with Gasteiger partial charge in [0.15, 0.2) is 0 Å². The second-order valence-corrected chi connectivity index (χ2v) is 7.35. The summed E-state index contributed by atoms with van der Waals surface area (Å²) in [6.07, 6.45) is 0. The summed E-state index contributed by atoms with van der Waals surface area (Å²) >= 11 is 1.47. The van der Waals surface area contributed by atoms with E-state index in [2.05, 4.69) is 22.0 Å². The molecule has 0 radical (unpaired) electrons. The summed E-state index contributed by atoms with van der Waals surface area (Å²) in [6, 6.07) is 15.9. The molecule has 2 aromatic carbocycles. The number of ether oxygens (including phenoxy) is 1. The molecule has 1 aromatic heterocycles. The summed E-state index contributed by atoms with van der Waals surface area (Å²) in [5.41, 5.74) is 3.67. The number of hydrogen-bond donors (Lipinski definition) is 0. The Balaban J connectivity index is 1.68. The first-order valence-electron chi connectivity index (χ1n) is 8.59. The van der Waals surface area contributed by atoms with Gasteiger partial charge in [-0.15, -0.1) is 11.3 Å². The van der Waals surface area contributed by atoms with Crippen LogP contribution in [0.4, 0.5) is 5.69 Å². The first-order valence-corrected chi connectivity index (χ1v) is 9.47. The number of aromatic nitrogens is 1. The zero-order valence-corrected chi connectivity index (χ0v) is 16.8. The maximum Gasteiger partial charge on any atom is 0.273 e. The summed E-state index contributed by atoms with van der Waals surface area (Å²) in [7, 11) is 7.45. The highest BCUT2D eigenvalue weighted by Gasteiger charge is 2.16. The monoisotopic (exact) mass is 381 g/mol. The summed E-state index contributed by atoms with van der Waals surface area (Å²) in [6.45, 7) is 0.544. The molecule has 0 atom stereocenters. The zero-order valence-electron chi connectivity index (χ0n) is 16.0. The third kappa shape index (κ3) is 4.46. The van der Waals surface area contributed by atoms with Gasteiger partial charge in [0.2, 0.25) is 0 Å². The molecule has 1 amide bonds. The van der Waals surface area contributed by atoms with Crippen molar-refractivity contribution in [1.82, 2.24) is 9.88 Å². The first kappa shape index (κ1) is 18.9. The third-order valence-corrected chi connectivity index (χ3v) is 5.17.